The maximum Gasteiger partial charge on any atom is 0.227 e. The summed E-state index contributed by atoms with van der Waals surface area (Å²) in [5, 5.41) is 11.6. The average Bonchev–Trinajstić information content (AvgIpc) is 2.78. The van der Waals surface area contributed by atoms with Crippen LogP contribution in [0.5, 0.6) is 0 Å². The molecule has 2 aromatic rings. The molecule has 90 valence electrons. The Morgan fingerprint density at radius 2 is 2.24 bits per heavy atom. The summed E-state index contributed by atoms with van der Waals surface area (Å²) in [6, 6.07) is 3.62. The van der Waals surface area contributed by atoms with Crippen molar-refractivity contribution in [2.75, 3.05) is 0 Å². The van der Waals surface area contributed by atoms with Crippen molar-refractivity contribution < 1.29 is 4.52 Å². The normalized spacial score (nSPS) is 11.0. The zero-order valence-corrected chi connectivity index (χ0v) is 10.1. The molecular formula is C12H16N4O. The van der Waals surface area contributed by atoms with Crippen molar-refractivity contribution in [1.82, 2.24) is 20.3 Å². The molecule has 0 aromatic carbocycles. The SMILES string of the molecule is CC(C)CCCc1nc(-c2cccnn2)no1. The molecule has 5 nitrogen and oxygen atoms in total. The van der Waals surface area contributed by atoms with Gasteiger partial charge in [0.2, 0.25) is 11.7 Å². The van der Waals surface area contributed by atoms with Gasteiger partial charge in [-0.2, -0.15) is 10.1 Å². The maximum absolute atomic E-state index is 5.17. The van der Waals surface area contributed by atoms with E-state index in [4.69, 9.17) is 4.52 Å². The molecule has 17 heavy (non-hydrogen) atoms. The van der Waals surface area contributed by atoms with Crippen LogP contribution >= 0.6 is 0 Å². The number of rotatable bonds is 5. The lowest BCUT2D eigenvalue weighted by atomic mass is 10.1. The van der Waals surface area contributed by atoms with Crippen LogP contribution in [0.2, 0.25) is 0 Å². The molecule has 0 aliphatic heterocycles. The minimum atomic E-state index is 0.512. The Hall–Kier alpha value is -1.78. The lowest BCUT2D eigenvalue weighted by Crippen LogP contribution is -1.91. The van der Waals surface area contributed by atoms with Gasteiger partial charge in [0.25, 0.3) is 0 Å². The largest absolute Gasteiger partial charge is 0.339 e. The standard InChI is InChI=1S/C12H16N4O/c1-9(2)5-3-7-11-14-12(16-17-11)10-6-4-8-13-15-10/h4,6,8-9H,3,5,7H2,1-2H3. The van der Waals surface area contributed by atoms with Crippen molar-refractivity contribution in [3.8, 4) is 11.5 Å². The monoisotopic (exact) mass is 232 g/mol. The molecule has 0 bridgehead atoms. The Morgan fingerprint density at radius 1 is 1.35 bits per heavy atom. The smallest absolute Gasteiger partial charge is 0.227 e. The lowest BCUT2D eigenvalue weighted by Gasteiger charge is -2.00. The van der Waals surface area contributed by atoms with Crippen LogP contribution in [0, 0.1) is 5.92 Å². The molecule has 0 atom stereocenters. The molecule has 0 amide bonds. The summed E-state index contributed by atoms with van der Waals surface area (Å²) in [6.07, 6.45) is 4.68. The third kappa shape index (κ3) is 3.34. The quantitative estimate of drug-likeness (QED) is 0.792. The second kappa shape index (κ2) is 5.52. The second-order valence-corrected chi connectivity index (χ2v) is 4.41. The first-order valence-corrected chi connectivity index (χ1v) is 5.86. The van der Waals surface area contributed by atoms with E-state index in [1.54, 1.807) is 12.3 Å². The van der Waals surface area contributed by atoms with Crippen molar-refractivity contribution in [3.05, 3.63) is 24.2 Å². The fraction of sp³-hybridized carbons (Fsp3) is 0.500. The molecule has 0 saturated carbocycles. The summed E-state index contributed by atoms with van der Waals surface area (Å²) in [5.41, 5.74) is 0.645. The molecule has 0 radical (unpaired) electrons. The molecule has 2 rings (SSSR count). The summed E-state index contributed by atoms with van der Waals surface area (Å²) < 4.78 is 5.17. The first-order chi connectivity index (χ1) is 8.25. The fourth-order valence-electron chi connectivity index (χ4n) is 1.54. The molecule has 2 heterocycles. The predicted molar refractivity (Wildman–Crippen MR) is 63.1 cm³/mol. The Morgan fingerprint density at radius 3 is 2.94 bits per heavy atom. The Labute approximate surface area is 100 Å². The molecule has 5 heteroatoms. The molecule has 0 saturated heterocycles. The van der Waals surface area contributed by atoms with E-state index >= 15 is 0 Å². The van der Waals surface area contributed by atoms with Gasteiger partial charge in [0.05, 0.1) is 0 Å². The van der Waals surface area contributed by atoms with Crippen LogP contribution in [-0.2, 0) is 6.42 Å². The first kappa shape index (κ1) is 11.7. The zero-order chi connectivity index (χ0) is 12.1. The van der Waals surface area contributed by atoms with Gasteiger partial charge in [0, 0.05) is 12.6 Å². The number of hydrogen-bond donors (Lipinski definition) is 0. The van der Waals surface area contributed by atoms with Crippen LogP contribution in [0.3, 0.4) is 0 Å². The predicted octanol–water partition coefficient (Wildman–Crippen LogP) is 2.51. The van der Waals surface area contributed by atoms with Crippen molar-refractivity contribution in [2.24, 2.45) is 5.92 Å². The summed E-state index contributed by atoms with van der Waals surface area (Å²) >= 11 is 0. The van der Waals surface area contributed by atoms with Crippen LogP contribution in [0.4, 0.5) is 0 Å². The summed E-state index contributed by atoms with van der Waals surface area (Å²) in [4.78, 5) is 4.30. The topological polar surface area (TPSA) is 64.7 Å². The number of aryl methyl sites for hydroxylation is 1. The lowest BCUT2D eigenvalue weighted by molar-refractivity contribution is 0.371. The van der Waals surface area contributed by atoms with Crippen LogP contribution in [-0.4, -0.2) is 20.3 Å². The molecule has 0 aliphatic rings. The zero-order valence-electron chi connectivity index (χ0n) is 10.1. The molecular weight excluding hydrogens is 216 g/mol. The molecule has 0 unspecified atom stereocenters. The van der Waals surface area contributed by atoms with E-state index in [0.717, 1.165) is 12.8 Å². The van der Waals surface area contributed by atoms with Crippen molar-refractivity contribution >= 4 is 0 Å². The van der Waals surface area contributed by atoms with Gasteiger partial charge in [-0.25, -0.2) is 0 Å². The highest BCUT2D eigenvalue weighted by atomic mass is 16.5. The summed E-state index contributed by atoms with van der Waals surface area (Å²) in [6.45, 7) is 4.41. The third-order valence-corrected chi connectivity index (χ3v) is 2.44. The highest BCUT2D eigenvalue weighted by Gasteiger charge is 2.09. The molecule has 2 aromatic heterocycles. The number of aromatic nitrogens is 4. The summed E-state index contributed by atoms with van der Waals surface area (Å²) in [5.74, 6) is 1.89. The highest BCUT2D eigenvalue weighted by Crippen LogP contribution is 2.13. The van der Waals surface area contributed by atoms with Crippen molar-refractivity contribution in [1.29, 1.82) is 0 Å². The van der Waals surface area contributed by atoms with E-state index < -0.39 is 0 Å². The van der Waals surface area contributed by atoms with Crippen LogP contribution in [0.15, 0.2) is 22.9 Å². The average molecular weight is 232 g/mol. The first-order valence-electron chi connectivity index (χ1n) is 5.86. The van der Waals surface area contributed by atoms with E-state index in [1.165, 1.54) is 6.42 Å². The van der Waals surface area contributed by atoms with E-state index in [-0.39, 0.29) is 0 Å². The molecule has 0 N–H and O–H groups in total. The fourth-order valence-corrected chi connectivity index (χ4v) is 1.54. The van der Waals surface area contributed by atoms with Gasteiger partial charge in [-0.15, -0.1) is 5.10 Å². The highest BCUT2D eigenvalue weighted by molar-refractivity contribution is 5.46. The van der Waals surface area contributed by atoms with Crippen LogP contribution in [0.1, 0.15) is 32.6 Å². The molecule has 0 spiro atoms. The van der Waals surface area contributed by atoms with Gasteiger partial charge in [-0.3, -0.25) is 0 Å². The summed E-state index contributed by atoms with van der Waals surface area (Å²) in [7, 11) is 0. The van der Waals surface area contributed by atoms with Gasteiger partial charge in [0.15, 0.2) is 0 Å². The van der Waals surface area contributed by atoms with E-state index in [1.807, 2.05) is 6.07 Å². The molecule has 0 aliphatic carbocycles. The van der Waals surface area contributed by atoms with E-state index in [9.17, 15) is 0 Å². The third-order valence-electron chi connectivity index (χ3n) is 2.44. The van der Waals surface area contributed by atoms with Gasteiger partial charge in [-0.1, -0.05) is 25.4 Å². The number of nitrogens with zero attached hydrogens (tertiary/aromatic N) is 4. The second-order valence-electron chi connectivity index (χ2n) is 4.41. The van der Waals surface area contributed by atoms with Gasteiger partial charge >= 0.3 is 0 Å². The number of hydrogen-bond acceptors (Lipinski definition) is 5. The Balaban J connectivity index is 1.97. The van der Waals surface area contributed by atoms with Gasteiger partial charge < -0.3 is 4.52 Å². The van der Waals surface area contributed by atoms with Gasteiger partial charge in [0.1, 0.15) is 5.69 Å². The van der Waals surface area contributed by atoms with E-state index in [2.05, 4.69) is 34.2 Å². The van der Waals surface area contributed by atoms with Crippen molar-refractivity contribution in [2.45, 2.75) is 33.1 Å². The maximum atomic E-state index is 5.17. The van der Waals surface area contributed by atoms with Gasteiger partial charge in [-0.05, 0) is 24.5 Å². The minimum Gasteiger partial charge on any atom is -0.339 e. The van der Waals surface area contributed by atoms with E-state index in [0.29, 0.717) is 23.3 Å². The van der Waals surface area contributed by atoms with Crippen molar-refractivity contribution in [3.63, 3.8) is 0 Å². The minimum absolute atomic E-state index is 0.512. The Kier molecular flexibility index (Phi) is 3.80. The van der Waals surface area contributed by atoms with Crippen LogP contribution < -0.4 is 0 Å². The van der Waals surface area contributed by atoms with Crippen LogP contribution in [0.25, 0.3) is 11.5 Å². The molecule has 0 fully saturated rings. The Bertz CT molecular complexity index is 453.